The summed E-state index contributed by atoms with van der Waals surface area (Å²) in [6, 6.07) is -0.595. The summed E-state index contributed by atoms with van der Waals surface area (Å²) in [6.45, 7) is 13.7. The number of esters is 1. The molecule has 7 nitrogen and oxygen atoms in total. The second-order valence-corrected chi connectivity index (χ2v) is 11.6. The van der Waals surface area contributed by atoms with Gasteiger partial charge in [-0.3, -0.25) is 14.4 Å². The van der Waals surface area contributed by atoms with Gasteiger partial charge in [0.25, 0.3) is 0 Å². The average Bonchev–Trinajstić information content (AvgIpc) is 3.43. The van der Waals surface area contributed by atoms with Gasteiger partial charge in [0, 0.05) is 31.5 Å². The van der Waals surface area contributed by atoms with E-state index in [1.807, 2.05) is 4.90 Å². The van der Waals surface area contributed by atoms with Gasteiger partial charge in [0.15, 0.2) is 0 Å². The molecule has 1 N–H and O–H groups in total. The van der Waals surface area contributed by atoms with Gasteiger partial charge < -0.3 is 19.6 Å². The molecule has 3 aliphatic heterocycles. The molecule has 0 aliphatic carbocycles. The highest BCUT2D eigenvalue weighted by molar-refractivity contribution is 8.02. The molecule has 2 amide bonds. The van der Waals surface area contributed by atoms with Crippen molar-refractivity contribution < 1.29 is 24.2 Å². The Morgan fingerprint density at radius 2 is 2.03 bits per heavy atom. The molecule has 3 saturated heterocycles. The van der Waals surface area contributed by atoms with E-state index in [1.54, 1.807) is 28.8 Å². The minimum atomic E-state index is -0.621. The van der Waals surface area contributed by atoms with Gasteiger partial charge in [0.1, 0.15) is 6.04 Å². The van der Waals surface area contributed by atoms with Crippen LogP contribution in [0.25, 0.3) is 0 Å². The number of aliphatic hydroxyl groups is 1. The first-order valence-electron chi connectivity index (χ1n) is 13.1. The number of carbonyl (C=O) groups is 3. The number of nitrogens with zero attached hydrogens (tertiary/aromatic N) is 2. The molecule has 8 heteroatoms. The van der Waals surface area contributed by atoms with E-state index in [4.69, 9.17) is 4.74 Å². The molecule has 0 aromatic heterocycles. The molecule has 3 unspecified atom stereocenters. The monoisotopic (exact) mass is 506 g/mol. The van der Waals surface area contributed by atoms with Crippen LogP contribution in [-0.2, 0) is 19.1 Å². The Hall–Kier alpha value is -1.80. The lowest BCUT2D eigenvalue weighted by atomic mass is 9.66. The Balaban J connectivity index is 1.96. The molecule has 35 heavy (non-hydrogen) atoms. The van der Waals surface area contributed by atoms with Gasteiger partial charge in [-0.1, -0.05) is 32.4 Å². The van der Waals surface area contributed by atoms with Crippen molar-refractivity contribution in [3.05, 3.63) is 25.3 Å². The number of rotatable bonds is 15. The highest BCUT2D eigenvalue weighted by atomic mass is 32.2. The highest BCUT2D eigenvalue weighted by Gasteiger charge is 2.76. The zero-order valence-electron chi connectivity index (χ0n) is 21.3. The molecule has 1 spiro atoms. The number of fused-ring (bicyclic) bond motifs is 1. The van der Waals surface area contributed by atoms with Crippen molar-refractivity contribution in [1.82, 2.24) is 9.80 Å². The standard InChI is InChI=1S/C27H42N2O5S/c1-5-8-14-28(13-7-3)25(32)23-27-19(4)18-20(35-27)21(26(33)34-17-9-6-2)22(27)24(31)29(23)15-11-10-12-16-30/h6-7,19-23,30H,2-3,5,8-18H2,1,4H3/t19?,20-,21+,22-,23?,27?/m0/s1. The van der Waals surface area contributed by atoms with Crippen molar-refractivity contribution in [2.45, 2.75) is 74.8 Å². The topological polar surface area (TPSA) is 87.2 Å². The Bertz CT molecular complexity index is 804. The van der Waals surface area contributed by atoms with Crippen LogP contribution >= 0.6 is 11.8 Å². The van der Waals surface area contributed by atoms with Gasteiger partial charge in [0.2, 0.25) is 11.8 Å². The van der Waals surface area contributed by atoms with Gasteiger partial charge in [-0.25, -0.2) is 0 Å². The summed E-state index contributed by atoms with van der Waals surface area (Å²) >= 11 is 1.68. The van der Waals surface area contributed by atoms with Crippen LogP contribution in [-0.4, -0.2) is 81.6 Å². The fourth-order valence-corrected chi connectivity index (χ4v) is 8.59. The number of ether oxygens (including phenoxy) is 1. The molecule has 2 bridgehead atoms. The van der Waals surface area contributed by atoms with Gasteiger partial charge >= 0.3 is 5.97 Å². The molecule has 3 rings (SSSR count). The van der Waals surface area contributed by atoms with Crippen LogP contribution in [0.2, 0.25) is 0 Å². The molecule has 0 radical (unpaired) electrons. The zero-order chi connectivity index (χ0) is 25.6. The third-order valence-electron chi connectivity index (χ3n) is 7.82. The number of likely N-dealkylation sites (tertiary alicyclic amines) is 1. The lowest BCUT2D eigenvalue weighted by molar-refractivity contribution is -0.154. The summed E-state index contributed by atoms with van der Waals surface area (Å²) in [5.74, 6) is -1.36. The van der Waals surface area contributed by atoms with Crippen LogP contribution in [0.3, 0.4) is 0 Å². The fraction of sp³-hybridized carbons (Fsp3) is 0.741. The van der Waals surface area contributed by atoms with Crippen molar-refractivity contribution in [3.63, 3.8) is 0 Å². The van der Waals surface area contributed by atoms with E-state index >= 15 is 0 Å². The predicted molar refractivity (Wildman–Crippen MR) is 139 cm³/mol. The van der Waals surface area contributed by atoms with E-state index in [0.29, 0.717) is 38.9 Å². The Labute approximate surface area is 214 Å². The molecular weight excluding hydrogens is 464 g/mol. The summed E-state index contributed by atoms with van der Waals surface area (Å²) in [6.07, 6.45) is 8.84. The van der Waals surface area contributed by atoms with E-state index in [2.05, 4.69) is 27.0 Å². The summed E-state index contributed by atoms with van der Waals surface area (Å²) < 4.78 is 4.94. The van der Waals surface area contributed by atoms with Crippen LogP contribution in [0.15, 0.2) is 25.3 Å². The number of unbranched alkanes of at least 4 members (excludes halogenated alkanes) is 3. The van der Waals surface area contributed by atoms with Crippen molar-refractivity contribution in [2.75, 3.05) is 32.8 Å². The average molecular weight is 507 g/mol. The van der Waals surface area contributed by atoms with Gasteiger partial charge in [0.05, 0.1) is 23.2 Å². The Morgan fingerprint density at radius 1 is 1.26 bits per heavy atom. The maximum Gasteiger partial charge on any atom is 0.310 e. The van der Waals surface area contributed by atoms with E-state index < -0.39 is 22.6 Å². The number of hydrogen-bond donors (Lipinski definition) is 1. The molecule has 0 aromatic carbocycles. The van der Waals surface area contributed by atoms with Crippen molar-refractivity contribution in [3.8, 4) is 0 Å². The largest absolute Gasteiger partial charge is 0.465 e. The van der Waals surface area contributed by atoms with E-state index in [1.165, 1.54) is 0 Å². The highest BCUT2D eigenvalue weighted by Crippen LogP contribution is 2.68. The Morgan fingerprint density at radius 3 is 2.69 bits per heavy atom. The molecule has 3 heterocycles. The number of amides is 2. The third-order valence-corrected chi connectivity index (χ3v) is 9.89. The quantitative estimate of drug-likeness (QED) is 0.208. The first kappa shape index (κ1) is 27.8. The number of carbonyl (C=O) groups excluding carboxylic acids is 3. The maximum absolute atomic E-state index is 14.1. The molecule has 3 fully saturated rings. The summed E-state index contributed by atoms with van der Waals surface area (Å²) in [4.78, 5) is 44.9. The Kier molecular flexibility index (Phi) is 9.87. The summed E-state index contributed by atoms with van der Waals surface area (Å²) in [7, 11) is 0. The number of aliphatic hydroxyl groups excluding tert-OH is 1. The van der Waals surface area contributed by atoms with Crippen LogP contribution < -0.4 is 0 Å². The molecule has 3 aliphatic rings. The molecular formula is C27H42N2O5S. The van der Waals surface area contributed by atoms with Crippen molar-refractivity contribution in [1.29, 1.82) is 0 Å². The number of hydrogen-bond acceptors (Lipinski definition) is 6. The molecule has 0 saturated carbocycles. The first-order valence-corrected chi connectivity index (χ1v) is 14.0. The second-order valence-electron chi connectivity index (χ2n) is 10.0. The summed E-state index contributed by atoms with van der Waals surface area (Å²) in [5, 5.41) is 9.18. The summed E-state index contributed by atoms with van der Waals surface area (Å²) in [5.41, 5.74) is 0. The first-order chi connectivity index (χ1) is 16.9. The van der Waals surface area contributed by atoms with Gasteiger partial charge in [-0.05, 0) is 44.4 Å². The zero-order valence-corrected chi connectivity index (χ0v) is 22.1. The SMILES string of the molecule is C=CCCOC(=O)[C@@H]1[C@@H]2CC(C)C3(S2)C(C(=O)N(CC=C)CCCC)N(CCCCCO)C(=O)[C@H]13. The van der Waals surface area contributed by atoms with Crippen molar-refractivity contribution >= 4 is 29.5 Å². The van der Waals surface area contributed by atoms with Gasteiger partial charge in [-0.15, -0.1) is 24.9 Å². The van der Waals surface area contributed by atoms with E-state index in [0.717, 1.165) is 25.7 Å². The molecule has 6 atom stereocenters. The minimum Gasteiger partial charge on any atom is -0.465 e. The predicted octanol–water partition coefficient (Wildman–Crippen LogP) is 3.42. The molecule has 0 aromatic rings. The normalized spacial score (nSPS) is 30.9. The van der Waals surface area contributed by atoms with Crippen LogP contribution in [0.5, 0.6) is 0 Å². The van der Waals surface area contributed by atoms with E-state index in [9.17, 15) is 19.5 Å². The number of thioether (sulfide) groups is 1. The molecule has 196 valence electrons. The minimum absolute atomic E-state index is 0.00878. The van der Waals surface area contributed by atoms with E-state index in [-0.39, 0.29) is 42.2 Å². The smallest absolute Gasteiger partial charge is 0.310 e. The maximum atomic E-state index is 14.1. The third kappa shape index (κ3) is 5.19. The second kappa shape index (κ2) is 12.4. The lowest BCUT2D eigenvalue weighted by Gasteiger charge is -2.40. The lowest BCUT2D eigenvalue weighted by Crippen LogP contribution is -2.57. The van der Waals surface area contributed by atoms with Crippen LogP contribution in [0.1, 0.15) is 58.8 Å². The van der Waals surface area contributed by atoms with Crippen LogP contribution in [0.4, 0.5) is 0 Å². The van der Waals surface area contributed by atoms with Crippen molar-refractivity contribution in [2.24, 2.45) is 17.8 Å². The van der Waals surface area contributed by atoms with Gasteiger partial charge in [-0.2, -0.15) is 0 Å². The fourth-order valence-electron chi connectivity index (χ4n) is 6.19. The van der Waals surface area contributed by atoms with Crippen LogP contribution in [0, 0.1) is 17.8 Å².